The van der Waals surface area contributed by atoms with Gasteiger partial charge in [0.25, 0.3) is 0 Å². The maximum absolute atomic E-state index is 12.4. The largest absolute Gasteiger partial charge is 0.494 e. The molecule has 1 amide bonds. The first kappa shape index (κ1) is 19.9. The molecule has 1 saturated heterocycles. The second kappa shape index (κ2) is 9.34. The molecule has 1 aliphatic rings. The SMILES string of the molecule is CCOc1ccc(CCC2CCN(C(=O)Cn3cc(C(=O)O)nn3)CC2)cc1. The number of likely N-dealkylation sites (tertiary alicyclic amines) is 1. The summed E-state index contributed by atoms with van der Waals surface area (Å²) in [5, 5.41) is 16.1. The Morgan fingerprint density at radius 3 is 2.54 bits per heavy atom. The molecule has 2 heterocycles. The van der Waals surface area contributed by atoms with Crippen LogP contribution in [0.1, 0.15) is 42.2 Å². The number of carboxylic acids is 1. The van der Waals surface area contributed by atoms with Crippen molar-refractivity contribution in [1.29, 1.82) is 0 Å². The lowest BCUT2D eigenvalue weighted by Gasteiger charge is -2.32. The summed E-state index contributed by atoms with van der Waals surface area (Å²) in [6, 6.07) is 8.26. The molecule has 2 aromatic rings. The Balaban J connectivity index is 1.41. The molecule has 0 spiro atoms. The van der Waals surface area contributed by atoms with Crippen LogP contribution in [-0.4, -0.2) is 56.6 Å². The zero-order valence-electron chi connectivity index (χ0n) is 16.1. The fraction of sp³-hybridized carbons (Fsp3) is 0.500. The fourth-order valence-corrected chi connectivity index (χ4v) is 3.47. The van der Waals surface area contributed by atoms with Gasteiger partial charge in [0.05, 0.1) is 12.8 Å². The lowest BCUT2D eigenvalue weighted by atomic mass is 9.90. The summed E-state index contributed by atoms with van der Waals surface area (Å²) in [5.74, 6) is 0.320. The van der Waals surface area contributed by atoms with E-state index in [1.165, 1.54) is 16.4 Å². The summed E-state index contributed by atoms with van der Waals surface area (Å²) >= 11 is 0. The molecular formula is C20H26N4O4. The van der Waals surface area contributed by atoms with Crippen LogP contribution in [-0.2, 0) is 17.8 Å². The normalized spacial score (nSPS) is 14.8. The molecule has 0 atom stereocenters. The average Bonchev–Trinajstić information content (AvgIpc) is 3.17. The molecule has 1 fully saturated rings. The second-order valence-electron chi connectivity index (χ2n) is 7.05. The van der Waals surface area contributed by atoms with E-state index < -0.39 is 5.97 Å². The van der Waals surface area contributed by atoms with E-state index in [1.54, 1.807) is 0 Å². The molecule has 0 aliphatic carbocycles. The molecule has 28 heavy (non-hydrogen) atoms. The number of aromatic carboxylic acids is 1. The average molecular weight is 386 g/mol. The highest BCUT2D eigenvalue weighted by molar-refractivity contribution is 5.84. The second-order valence-corrected chi connectivity index (χ2v) is 7.05. The first-order valence-electron chi connectivity index (χ1n) is 9.68. The fourth-order valence-electron chi connectivity index (χ4n) is 3.47. The molecule has 0 unspecified atom stereocenters. The van der Waals surface area contributed by atoms with E-state index in [0.717, 1.165) is 44.5 Å². The van der Waals surface area contributed by atoms with E-state index in [0.29, 0.717) is 12.5 Å². The van der Waals surface area contributed by atoms with Crippen molar-refractivity contribution in [2.75, 3.05) is 19.7 Å². The van der Waals surface area contributed by atoms with Crippen molar-refractivity contribution in [2.24, 2.45) is 5.92 Å². The highest BCUT2D eigenvalue weighted by Crippen LogP contribution is 2.23. The number of aromatic nitrogens is 3. The monoisotopic (exact) mass is 386 g/mol. The van der Waals surface area contributed by atoms with Gasteiger partial charge >= 0.3 is 5.97 Å². The van der Waals surface area contributed by atoms with Gasteiger partial charge in [-0.15, -0.1) is 5.10 Å². The molecule has 1 aliphatic heterocycles. The predicted molar refractivity (Wildman–Crippen MR) is 102 cm³/mol. The van der Waals surface area contributed by atoms with E-state index >= 15 is 0 Å². The molecule has 0 saturated carbocycles. The minimum absolute atomic E-state index is 0.0249. The smallest absolute Gasteiger partial charge is 0.358 e. The van der Waals surface area contributed by atoms with Crippen LogP contribution in [0, 0.1) is 5.92 Å². The summed E-state index contributed by atoms with van der Waals surface area (Å²) in [5.41, 5.74) is 1.16. The molecule has 0 radical (unpaired) electrons. The van der Waals surface area contributed by atoms with E-state index in [9.17, 15) is 9.59 Å². The van der Waals surface area contributed by atoms with Gasteiger partial charge in [-0.05, 0) is 56.2 Å². The van der Waals surface area contributed by atoms with Gasteiger partial charge in [0.15, 0.2) is 5.69 Å². The number of hydrogen-bond donors (Lipinski definition) is 1. The van der Waals surface area contributed by atoms with Gasteiger partial charge in [-0.3, -0.25) is 4.79 Å². The number of aryl methyl sites for hydroxylation is 1. The Morgan fingerprint density at radius 2 is 1.93 bits per heavy atom. The van der Waals surface area contributed by atoms with E-state index in [4.69, 9.17) is 9.84 Å². The number of carbonyl (C=O) groups excluding carboxylic acids is 1. The zero-order valence-corrected chi connectivity index (χ0v) is 16.1. The van der Waals surface area contributed by atoms with Crippen LogP contribution >= 0.6 is 0 Å². The van der Waals surface area contributed by atoms with E-state index in [1.807, 2.05) is 24.0 Å². The quantitative estimate of drug-likeness (QED) is 0.747. The van der Waals surface area contributed by atoms with Gasteiger partial charge in [-0.1, -0.05) is 17.3 Å². The van der Waals surface area contributed by atoms with E-state index in [2.05, 4.69) is 22.4 Å². The molecule has 3 rings (SSSR count). The summed E-state index contributed by atoms with van der Waals surface area (Å²) < 4.78 is 6.75. The van der Waals surface area contributed by atoms with Crippen LogP contribution in [0.15, 0.2) is 30.5 Å². The van der Waals surface area contributed by atoms with Gasteiger partial charge in [0.1, 0.15) is 12.3 Å². The number of ether oxygens (including phenoxy) is 1. The molecule has 0 bridgehead atoms. The number of amides is 1. The number of benzene rings is 1. The Kier molecular flexibility index (Phi) is 6.62. The number of carbonyl (C=O) groups is 2. The van der Waals surface area contributed by atoms with Gasteiger partial charge in [-0.2, -0.15) is 0 Å². The van der Waals surface area contributed by atoms with Crippen LogP contribution in [0.3, 0.4) is 0 Å². The minimum Gasteiger partial charge on any atom is -0.494 e. The highest BCUT2D eigenvalue weighted by atomic mass is 16.5. The highest BCUT2D eigenvalue weighted by Gasteiger charge is 2.23. The summed E-state index contributed by atoms with van der Waals surface area (Å²) in [6.45, 7) is 4.14. The van der Waals surface area contributed by atoms with Gasteiger partial charge in [0.2, 0.25) is 5.91 Å². The number of nitrogens with zero attached hydrogens (tertiary/aromatic N) is 4. The maximum atomic E-state index is 12.4. The van der Waals surface area contributed by atoms with Crippen molar-refractivity contribution in [3.05, 3.63) is 41.7 Å². The van der Waals surface area contributed by atoms with Crippen molar-refractivity contribution in [2.45, 2.75) is 39.2 Å². The van der Waals surface area contributed by atoms with Crippen molar-refractivity contribution in [1.82, 2.24) is 19.9 Å². The Labute approximate surface area is 164 Å². The van der Waals surface area contributed by atoms with E-state index in [-0.39, 0.29) is 18.1 Å². The maximum Gasteiger partial charge on any atom is 0.358 e. The molecule has 1 aromatic heterocycles. The van der Waals surface area contributed by atoms with Crippen molar-refractivity contribution < 1.29 is 19.4 Å². The summed E-state index contributed by atoms with van der Waals surface area (Å²) in [6.07, 6.45) is 5.40. The Hall–Kier alpha value is -2.90. The van der Waals surface area contributed by atoms with Crippen molar-refractivity contribution in [3.63, 3.8) is 0 Å². The molecule has 8 heteroatoms. The summed E-state index contributed by atoms with van der Waals surface area (Å²) in [7, 11) is 0. The number of piperidine rings is 1. The van der Waals surface area contributed by atoms with Gasteiger partial charge in [-0.25, -0.2) is 9.48 Å². The lowest BCUT2D eigenvalue weighted by Crippen LogP contribution is -2.40. The number of rotatable bonds is 8. The van der Waals surface area contributed by atoms with Crippen LogP contribution < -0.4 is 4.74 Å². The Morgan fingerprint density at radius 1 is 1.21 bits per heavy atom. The molecule has 8 nitrogen and oxygen atoms in total. The standard InChI is InChI=1S/C20H26N4O4/c1-2-28-17-7-5-15(6-8-17)3-4-16-9-11-23(12-10-16)19(25)14-24-13-18(20(26)27)21-22-24/h5-8,13,16H,2-4,9-12,14H2,1H3,(H,26,27). The first-order valence-corrected chi connectivity index (χ1v) is 9.68. The predicted octanol–water partition coefficient (Wildman–Crippen LogP) is 2.25. The Bertz CT molecular complexity index is 795. The van der Waals surface area contributed by atoms with Crippen LogP contribution in [0.2, 0.25) is 0 Å². The minimum atomic E-state index is -1.15. The lowest BCUT2D eigenvalue weighted by molar-refractivity contribution is -0.133. The third-order valence-corrected chi connectivity index (χ3v) is 5.10. The van der Waals surface area contributed by atoms with Crippen molar-refractivity contribution >= 4 is 11.9 Å². The number of hydrogen-bond acceptors (Lipinski definition) is 5. The van der Waals surface area contributed by atoms with Crippen LogP contribution in [0.25, 0.3) is 0 Å². The van der Waals surface area contributed by atoms with Gasteiger partial charge < -0.3 is 14.7 Å². The van der Waals surface area contributed by atoms with Crippen LogP contribution in [0.5, 0.6) is 5.75 Å². The zero-order chi connectivity index (χ0) is 19.9. The third kappa shape index (κ3) is 5.31. The molecule has 150 valence electrons. The molecule has 1 N–H and O–H groups in total. The third-order valence-electron chi connectivity index (χ3n) is 5.10. The topological polar surface area (TPSA) is 97.5 Å². The molecular weight excluding hydrogens is 360 g/mol. The van der Waals surface area contributed by atoms with Gasteiger partial charge in [0, 0.05) is 13.1 Å². The van der Waals surface area contributed by atoms with Crippen molar-refractivity contribution in [3.8, 4) is 5.75 Å². The number of carboxylic acid groups (broad SMARTS) is 1. The van der Waals surface area contributed by atoms with Crippen LogP contribution in [0.4, 0.5) is 0 Å². The first-order chi connectivity index (χ1) is 13.5. The molecule has 1 aromatic carbocycles. The summed E-state index contributed by atoms with van der Waals surface area (Å²) in [4.78, 5) is 25.1.